The lowest BCUT2D eigenvalue weighted by molar-refractivity contribution is 0.0503. The normalized spacial score (nSPS) is 21.1. The van der Waals surface area contributed by atoms with Crippen molar-refractivity contribution in [1.82, 2.24) is 5.32 Å². The highest BCUT2D eigenvalue weighted by Gasteiger charge is 2.29. The molecular weight excluding hydrogens is 412 g/mol. The molecule has 0 radical (unpaired) electrons. The zero-order valence-electron chi connectivity index (χ0n) is 13.9. The van der Waals surface area contributed by atoms with Crippen molar-refractivity contribution in [1.29, 1.82) is 0 Å². The Morgan fingerprint density at radius 3 is 2.70 bits per heavy atom. The van der Waals surface area contributed by atoms with Crippen LogP contribution in [0, 0.1) is 16.3 Å². The minimum atomic E-state index is -0.506. The van der Waals surface area contributed by atoms with Gasteiger partial charge in [0.25, 0.3) is 0 Å². The van der Waals surface area contributed by atoms with E-state index in [1.54, 1.807) is 19.1 Å². The van der Waals surface area contributed by atoms with Crippen LogP contribution in [0.3, 0.4) is 0 Å². The van der Waals surface area contributed by atoms with E-state index in [0.717, 1.165) is 12.8 Å². The zero-order chi connectivity index (χ0) is 17.2. The molecular formula is C17H23FINO3. The number of amides is 1. The number of nitrogens with one attached hydrogen (secondary N) is 1. The van der Waals surface area contributed by atoms with Gasteiger partial charge in [-0.15, -0.1) is 0 Å². The van der Waals surface area contributed by atoms with Gasteiger partial charge in [0.1, 0.15) is 23.3 Å². The van der Waals surface area contributed by atoms with Crippen LogP contribution >= 0.6 is 22.6 Å². The van der Waals surface area contributed by atoms with Crippen LogP contribution in [0.5, 0.6) is 5.75 Å². The summed E-state index contributed by atoms with van der Waals surface area (Å²) >= 11 is 1.97. The lowest BCUT2D eigenvalue weighted by Gasteiger charge is -2.22. The van der Waals surface area contributed by atoms with Crippen LogP contribution in [0.15, 0.2) is 12.1 Å². The average molecular weight is 435 g/mol. The van der Waals surface area contributed by atoms with E-state index in [-0.39, 0.29) is 18.0 Å². The molecule has 23 heavy (non-hydrogen) atoms. The van der Waals surface area contributed by atoms with Gasteiger partial charge in [-0.1, -0.05) is 6.07 Å². The van der Waals surface area contributed by atoms with Gasteiger partial charge in [0.15, 0.2) is 0 Å². The van der Waals surface area contributed by atoms with E-state index in [2.05, 4.69) is 5.32 Å². The standard InChI is InChI=1S/C17H23FINO3/c1-10-5-8-13(15(19)14(10)18)22-12-7-6-11(9-12)20-16(21)23-17(2,3)4/h5,8,11-12H,6-7,9H2,1-4H3,(H,20,21)/t11-,12-/m1/s1. The van der Waals surface area contributed by atoms with Crippen LogP contribution in [-0.2, 0) is 4.74 Å². The van der Waals surface area contributed by atoms with Crippen molar-refractivity contribution in [3.63, 3.8) is 0 Å². The fourth-order valence-corrected chi connectivity index (χ4v) is 3.28. The van der Waals surface area contributed by atoms with Crippen molar-refractivity contribution in [3.05, 3.63) is 27.1 Å². The molecule has 0 unspecified atom stereocenters. The lowest BCUT2D eigenvalue weighted by atomic mass is 10.2. The number of carbonyl (C=O) groups excluding carboxylic acids is 1. The van der Waals surface area contributed by atoms with Gasteiger partial charge in [-0.05, 0) is 74.8 Å². The molecule has 2 atom stereocenters. The highest BCUT2D eigenvalue weighted by atomic mass is 127. The van der Waals surface area contributed by atoms with Crippen molar-refractivity contribution in [2.45, 2.75) is 64.7 Å². The van der Waals surface area contributed by atoms with Crippen LogP contribution in [0.1, 0.15) is 45.6 Å². The lowest BCUT2D eigenvalue weighted by Crippen LogP contribution is -2.38. The van der Waals surface area contributed by atoms with Gasteiger partial charge >= 0.3 is 6.09 Å². The molecule has 1 amide bonds. The number of benzene rings is 1. The Balaban J connectivity index is 1.89. The summed E-state index contributed by atoms with van der Waals surface area (Å²) in [7, 11) is 0. The predicted molar refractivity (Wildman–Crippen MR) is 95.3 cm³/mol. The minimum Gasteiger partial charge on any atom is -0.489 e. The summed E-state index contributed by atoms with van der Waals surface area (Å²) in [5, 5.41) is 2.87. The summed E-state index contributed by atoms with van der Waals surface area (Å²) in [5.41, 5.74) is 0.103. The highest BCUT2D eigenvalue weighted by molar-refractivity contribution is 14.1. The minimum absolute atomic E-state index is 0.0226. The van der Waals surface area contributed by atoms with E-state index in [0.29, 0.717) is 21.3 Å². The Labute approximate surface area is 150 Å². The van der Waals surface area contributed by atoms with Crippen molar-refractivity contribution < 1.29 is 18.7 Å². The first-order valence-electron chi connectivity index (χ1n) is 7.76. The largest absolute Gasteiger partial charge is 0.489 e. The third-order valence-electron chi connectivity index (χ3n) is 3.64. The number of hydrogen-bond donors (Lipinski definition) is 1. The zero-order valence-corrected chi connectivity index (χ0v) is 16.1. The Kier molecular flexibility index (Phi) is 5.75. The summed E-state index contributed by atoms with van der Waals surface area (Å²) in [5.74, 6) is 0.334. The number of rotatable bonds is 3. The van der Waals surface area contributed by atoms with Gasteiger partial charge in [0, 0.05) is 12.5 Å². The molecule has 6 heteroatoms. The third kappa shape index (κ3) is 5.22. The van der Waals surface area contributed by atoms with Gasteiger partial charge in [0.05, 0.1) is 3.57 Å². The Hall–Kier alpha value is -1.05. The molecule has 1 saturated carbocycles. The number of aryl methyl sites for hydroxylation is 1. The molecule has 1 aliphatic carbocycles. The Morgan fingerprint density at radius 2 is 2.04 bits per heavy atom. The molecule has 4 nitrogen and oxygen atoms in total. The molecule has 0 aliphatic heterocycles. The van der Waals surface area contributed by atoms with Crippen molar-refractivity contribution in [2.75, 3.05) is 0 Å². The molecule has 2 rings (SSSR count). The van der Waals surface area contributed by atoms with Gasteiger partial charge in [0.2, 0.25) is 0 Å². The fraction of sp³-hybridized carbons (Fsp3) is 0.588. The molecule has 1 aromatic rings. The number of alkyl carbamates (subject to hydrolysis) is 1. The second kappa shape index (κ2) is 7.23. The molecule has 0 saturated heterocycles. The Bertz CT molecular complexity index is 586. The molecule has 1 aromatic carbocycles. The Morgan fingerprint density at radius 1 is 1.35 bits per heavy atom. The van der Waals surface area contributed by atoms with Crippen LogP contribution in [0.2, 0.25) is 0 Å². The molecule has 128 valence electrons. The smallest absolute Gasteiger partial charge is 0.407 e. The molecule has 0 bridgehead atoms. The number of carbonyl (C=O) groups is 1. The second-order valence-corrected chi connectivity index (χ2v) is 7.98. The maximum atomic E-state index is 13.9. The van der Waals surface area contributed by atoms with E-state index in [9.17, 15) is 9.18 Å². The maximum absolute atomic E-state index is 13.9. The highest BCUT2D eigenvalue weighted by Crippen LogP contribution is 2.30. The summed E-state index contributed by atoms with van der Waals surface area (Å²) in [6.45, 7) is 7.24. The second-order valence-electron chi connectivity index (χ2n) is 6.90. The van der Waals surface area contributed by atoms with Crippen molar-refractivity contribution >= 4 is 28.7 Å². The molecule has 0 aromatic heterocycles. The molecule has 1 N–H and O–H groups in total. The fourth-order valence-electron chi connectivity index (χ4n) is 2.55. The van der Waals surface area contributed by atoms with Crippen molar-refractivity contribution in [2.24, 2.45) is 0 Å². The summed E-state index contributed by atoms with van der Waals surface area (Å²) in [6.07, 6.45) is 1.93. The molecule has 0 heterocycles. The van der Waals surface area contributed by atoms with Crippen LogP contribution < -0.4 is 10.1 Å². The van der Waals surface area contributed by atoms with Crippen LogP contribution in [0.4, 0.5) is 9.18 Å². The van der Waals surface area contributed by atoms with E-state index in [1.807, 2.05) is 43.4 Å². The SMILES string of the molecule is Cc1ccc(O[C@@H]2CC[C@@H](NC(=O)OC(C)(C)C)C2)c(I)c1F. The van der Waals surface area contributed by atoms with Crippen molar-refractivity contribution in [3.8, 4) is 5.75 Å². The van der Waals surface area contributed by atoms with E-state index in [4.69, 9.17) is 9.47 Å². The summed E-state index contributed by atoms with van der Waals surface area (Å²) in [4.78, 5) is 11.8. The third-order valence-corrected chi connectivity index (χ3v) is 4.64. The molecule has 1 fully saturated rings. The van der Waals surface area contributed by atoms with Gasteiger partial charge < -0.3 is 14.8 Å². The van der Waals surface area contributed by atoms with E-state index in [1.165, 1.54) is 0 Å². The number of ether oxygens (including phenoxy) is 2. The first-order chi connectivity index (χ1) is 10.7. The first kappa shape index (κ1) is 18.3. The monoisotopic (exact) mass is 435 g/mol. The summed E-state index contributed by atoms with van der Waals surface area (Å²) in [6, 6.07) is 3.55. The maximum Gasteiger partial charge on any atom is 0.407 e. The van der Waals surface area contributed by atoms with Crippen LogP contribution in [0.25, 0.3) is 0 Å². The number of hydrogen-bond acceptors (Lipinski definition) is 3. The number of halogens is 2. The van der Waals surface area contributed by atoms with Gasteiger partial charge in [-0.3, -0.25) is 0 Å². The predicted octanol–water partition coefficient (Wildman–Crippen LogP) is 4.56. The topological polar surface area (TPSA) is 47.6 Å². The van der Waals surface area contributed by atoms with Crippen LogP contribution in [-0.4, -0.2) is 23.8 Å². The first-order valence-corrected chi connectivity index (χ1v) is 8.84. The molecule has 0 spiro atoms. The van der Waals surface area contributed by atoms with Gasteiger partial charge in [-0.2, -0.15) is 0 Å². The van der Waals surface area contributed by atoms with E-state index >= 15 is 0 Å². The quantitative estimate of drug-likeness (QED) is 0.709. The van der Waals surface area contributed by atoms with E-state index < -0.39 is 11.7 Å². The molecule has 1 aliphatic rings. The van der Waals surface area contributed by atoms with Gasteiger partial charge in [-0.25, -0.2) is 9.18 Å². The summed E-state index contributed by atoms with van der Waals surface area (Å²) < 4.78 is 25.6. The average Bonchev–Trinajstić information content (AvgIpc) is 2.84.